The van der Waals surface area contributed by atoms with Crippen LogP contribution in [0, 0.1) is 12.7 Å². The van der Waals surface area contributed by atoms with Gasteiger partial charge in [-0.25, -0.2) is 9.18 Å². The fraction of sp³-hybridized carbons (Fsp3) is 0.211. The molecular formula is C19H18ClFN2O4. The topological polar surface area (TPSA) is 84.5 Å². The normalized spacial score (nSPS) is 11.4. The second kappa shape index (κ2) is 9.14. The van der Waals surface area contributed by atoms with Crippen molar-refractivity contribution < 1.29 is 23.5 Å². The SMILES string of the molecule is Cc1ccc(NC(=O)COC(=O)[C@H](C)NC(=O)c2ccc(Cl)cc2)cc1F. The molecule has 0 aliphatic heterocycles. The van der Waals surface area contributed by atoms with Gasteiger partial charge in [0.1, 0.15) is 11.9 Å². The minimum atomic E-state index is -0.960. The summed E-state index contributed by atoms with van der Waals surface area (Å²) in [5.41, 5.74) is 1.03. The van der Waals surface area contributed by atoms with E-state index < -0.39 is 36.2 Å². The van der Waals surface area contributed by atoms with E-state index in [4.69, 9.17) is 16.3 Å². The first-order valence-electron chi connectivity index (χ1n) is 8.05. The Hall–Kier alpha value is -2.93. The van der Waals surface area contributed by atoms with Crippen LogP contribution in [0.15, 0.2) is 42.5 Å². The van der Waals surface area contributed by atoms with Crippen LogP contribution in [0.4, 0.5) is 10.1 Å². The van der Waals surface area contributed by atoms with Crippen LogP contribution < -0.4 is 10.6 Å². The third kappa shape index (κ3) is 6.07. The molecule has 0 aromatic heterocycles. The minimum Gasteiger partial charge on any atom is -0.454 e. The number of halogens is 2. The van der Waals surface area contributed by atoms with Gasteiger partial charge in [0.25, 0.3) is 11.8 Å². The van der Waals surface area contributed by atoms with Gasteiger partial charge in [0.2, 0.25) is 0 Å². The maximum Gasteiger partial charge on any atom is 0.328 e. The number of aryl methyl sites for hydroxylation is 1. The van der Waals surface area contributed by atoms with Crippen LogP contribution in [0.1, 0.15) is 22.8 Å². The van der Waals surface area contributed by atoms with Crippen molar-refractivity contribution in [2.45, 2.75) is 19.9 Å². The number of nitrogens with one attached hydrogen (secondary N) is 2. The number of carbonyl (C=O) groups excluding carboxylic acids is 3. The van der Waals surface area contributed by atoms with Crippen molar-refractivity contribution in [1.82, 2.24) is 5.32 Å². The fourth-order valence-electron chi connectivity index (χ4n) is 2.07. The summed E-state index contributed by atoms with van der Waals surface area (Å²) in [6, 6.07) is 9.41. The number of hydrogen-bond acceptors (Lipinski definition) is 4. The Bertz CT molecular complexity index is 855. The monoisotopic (exact) mass is 392 g/mol. The summed E-state index contributed by atoms with van der Waals surface area (Å²) in [5.74, 6) is -2.33. The van der Waals surface area contributed by atoms with Crippen molar-refractivity contribution in [3.8, 4) is 0 Å². The number of anilines is 1. The van der Waals surface area contributed by atoms with E-state index in [1.165, 1.54) is 37.3 Å². The van der Waals surface area contributed by atoms with Crippen LogP contribution in [-0.2, 0) is 14.3 Å². The van der Waals surface area contributed by atoms with Gasteiger partial charge in [-0.05, 0) is 55.8 Å². The lowest BCUT2D eigenvalue weighted by molar-refractivity contribution is -0.148. The number of amides is 2. The average Bonchev–Trinajstić information content (AvgIpc) is 2.63. The predicted octanol–water partition coefficient (Wildman–Crippen LogP) is 3.09. The molecule has 0 unspecified atom stereocenters. The zero-order chi connectivity index (χ0) is 20.0. The maximum atomic E-state index is 13.4. The molecule has 1 atom stereocenters. The van der Waals surface area contributed by atoms with Crippen molar-refractivity contribution in [1.29, 1.82) is 0 Å². The lowest BCUT2D eigenvalue weighted by Gasteiger charge is -2.13. The molecule has 2 aromatic rings. The van der Waals surface area contributed by atoms with Gasteiger partial charge in [-0.1, -0.05) is 17.7 Å². The van der Waals surface area contributed by atoms with E-state index in [1.54, 1.807) is 19.1 Å². The summed E-state index contributed by atoms with van der Waals surface area (Å²) >= 11 is 5.75. The first-order chi connectivity index (χ1) is 12.8. The molecule has 27 heavy (non-hydrogen) atoms. The van der Waals surface area contributed by atoms with Crippen molar-refractivity contribution in [3.63, 3.8) is 0 Å². The molecule has 2 rings (SSSR count). The van der Waals surface area contributed by atoms with Crippen LogP contribution in [0.5, 0.6) is 0 Å². The molecule has 0 heterocycles. The first-order valence-corrected chi connectivity index (χ1v) is 8.43. The summed E-state index contributed by atoms with van der Waals surface area (Å²) in [6.45, 7) is 2.47. The lowest BCUT2D eigenvalue weighted by Crippen LogP contribution is -2.40. The molecule has 2 N–H and O–H groups in total. The van der Waals surface area contributed by atoms with E-state index >= 15 is 0 Å². The average molecular weight is 393 g/mol. The largest absolute Gasteiger partial charge is 0.454 e. The van der Waals surface area contributed by atoms with Gasteiger partial charge in [0, 0.05) is 16.3 Å². The molecule has 0 bridgehead atoms. The summed E-state index contributed by atoms with van der Waals surface area (Å²) in [7, 11) is 0. The molecule has 2 amide bonds. The third-order valence-corrected chi connectivity index (χ3v) is 3.86. The fourth-order valence-corrected chi connectivity index (χ4v) is 2.20. The molecule has 0 saturated heterocycles. The molecule has 8 heteroatoms. The van der Waals surface area contributed by atoms with Gasteiger partial charge < -0.3 is 15.4 Å². The van der Waals surface area contributed by atoms with Crippen molar-refractivity contribution in [2.75, 3.05) is 11.9 Å². The number of ether oxygens (including phenoxy) is 1. The molecule has 0 radical (unpaired) electrons. The highest BCUT2D eigenvalue weighted by Crippen LogP contribution is 2.13. The van der Waals surface area contributed by atoms with Crippen LogP contribution in [0.25, 0.3) is 0 Å². The van der Waals surface area contributed by atoms with Crippen LogP contribution in [-0.4, -0.2) is 30.4 Å². The Labute approximate surface area is 160 Å². The Morgan fingerprint density at radius 1 is 1.15 bits per heavy atom. The zero-order valence-electron chi connectivity index (χ0n) is 14.7. The molecule has 6 nitrogen and oxygen atoms in total. The van der Waals surface area contributed by atoms with Crippen molar-refractivity contribution in [3.05, 3.63) is 64.4 Å². The highest BCUT2D eigenvalue weighted by atomic mass is 35.5. The molecule has 0 aliphatic rings. The van der Waals surface area contributed by atoms with Gasteiger partial charge in [-0.15, -0.1) is 0 Å². The molecule has 0 spiro atoms. The standard InChI is InChI=1S/C19H18ClFN2O4/c1-11-3-8-15(9-16(11)21)23-17(24)10-27-19(26)12(2)22-18(25)13-4-6-14(20)7-5-13/h3-9,12H,10H2,1-2H3,(H,22,25)(H,23,24)/t12-/m0/s1. The van der Waals surface area contributed by atoms with Gasteiger partial charge in [-0.3, -0.25) is 9.59 Å². The van der Waals surface area contributed by atoms with E-state index in [0.717, 1.165) is 0 Å². The number of rotatable bonds is 6. The second-order valence-corrected chi connectivity index (χ2v) is 6.26. The minimum absolute atomic E-state index is 0.253. The van der Waals surface area contributed by atoms with E-state index in [1.807, 2.05) is 0 Å². The molecular weight excluding hydrogens is 375 g/mol. The van der Waals surface area contributed by atoms with E-state index in [9.17, 15) is 18.8 Å². The highest BCUT2D eigenvalue weighted by molar-refractivity contribution is 6.30. The number of hydrogen-bond donors (Lipinski definition) is 2. The molecule has 0 fully saturated rings. The summed E-state index contributed by atoms with van der Waals surface area (Å²) in [6.07, 6.45) is 0. The maximum absolute atomic E-state index is 13.4. The van der Waals surface area contributed by atoms with Gasteiger partial charge in [-0.2, -0.15) is 0 Å². The van der Waals surface area contributed by atoms with Gasteiger partial charge >= 0.3 is 5.97 Å². The van der Waals surface area contributed by atoms with Gasteiger partial charge in [0.15, 0.2) is 6.61 Å². The van der Waals surface area contributed by atoms with Gasteiger partial charge in [0.05, 0.1) is 0 Å². The number of esters is 1. The Balaban J connectivity index is 1.81. The molecule has 2 aromatic carbocycles. The van der Waals surface area contributed by atoms with Crippen LogP contribution in [0.2, 0.25) is 5.02 Å². The summed E-state index contributed by atoms with van der Waals surface area (Å²) in [4.78, 5) is 35.8. The lowest BCUT2D eigenvalue weighted by atomic mass is 10.2. The second-order valence-electron chi connectivity index (χ2n) is 5.82. The summed E-state index contributed by atoms with van der Waals surface area (Å²) in [5, 5.41) is 5.37. The first kappa shape index (κ1) is 20.4. The van der Waals surface area contributed by atoms with Crippen molar-refractivity contribution in [2.24, 2.45) is 0 Å². The Morgan fingerprint density at radius 2 is 1.81 bits per heavy atom. The predicted molar refractivity (Wildman–Crippen MR) is 99.1 cm³/mol. The third-order valence-electron chi connectivity index (χ3n) is 3.61. The van der Waals surface area contributed by atoms with E-state index in [0.29, 0.717) is 16.1 Å². The van der Waals surface area contributed by atoms with Crippen LogP contribution >= 0.6 is 11.6 Å². The van der Waals surface area contributed by atoms with Crippen molar-refractivity contribution >= 4 is 35.1 Å². The highest BCUT2D eigenvalue weighted by Gasteiger charge is 2.19. The smallest absolute Gasteiger partial charge is 0.328 e. The number of carbonyl (C=O) groups is 3. The molecule has 0 saturated carbocycles. The summed E-state index contributed by atoms with van der Waals surface area (Å²) < 4.78 is 18.3. The molecule has 142 valence electrons. The van der Waals surface area contributed by atoms with Crippen LogP contribution in [0.3, 0.4) is 0 Å². The Morgan fingerprint density at radius 3 is 2.44 bits per heavy atom. The number of benzene rings is 2. The Kier molecular flexibility index (Phi) is 6.90. The molecule has 0 aliphatic carbocycles. The quantitative estimate of drug-likeness (QED) is 0.740. The van der Waals surface area contributed by atoms with E-state index in [-0.39, 0.29) is 5.69 Å². The zero-order valence-corrected chi connectivity index (χ0v) is 15.5. The van der Waals surface area contributed by atoms with E-state index in [2.05, 4.69) is 10.6 Å².